The van der Waals surface area contributed by atoms with Crippen LogP contribution >= 0.6 is 0 Å². The van der Waals surface area contributed by atoms with Crippen molar-refractivity contribution in [2.24, 2.45) is 0 Å². The van der Waals surface area contributed by atoms with Gasteiger partial charge in [0.05, 0.1) is 12.1 Å². The number of aliphatic hydroxyl groups is 1. The van der Waals surface area contributed by atoms with Gasteiger partial charge in [0.15, 0.2) is 17.8 Å². The van der Waals surface area contributed by atoms with Gasteiger partial charge in [-0.3, -0.25) is 0 Å². The van der Waals surface area contributed by atoms with Crippen LogP contribution in [0.3, 0.4) is 0 Å². The summed E-state index contributed by atoms with van der Waals surface area (Å²) in [6.07, 6.45) is 0.582. The first-order valence-corrected chi connectivity index (χ1v) is 6.00. The fraction of sp³-hybridized carbons (Fsp3) is 0.267. The zero-order valence-corrected chi connectivity index (χ0v) is 11.5. The molecule has 2 aromatic rings. The van der Waals surface area contributed by atoms with E-state index in [0.717, 1.165) is 22.6 Å². The summed E-state index contributed by atoms with van der Waals surface area (Å²) in [7, 11) is 3.13. The number of ether oxygens (including phenoxy) is 2. The van der Waals surface area contributed by atoms with Gasteiger partial charge in [-0.05, 0) is 19.1 Å². The Labute approximate surface area is 116 Å². The summed E-state index contributed by atoms with van der Waals surface area (Å²) in [6.45, 7) is 1.82. The Kier molecular flexibility index (Phi) is 4.08. The second-order valence-electron chi connectivity index (χ2n) is 4.27. The molecule has 1 aromatic carbocycles. The molecule has 104 valence electrons. The third-order valence-electron chi connectivity index (χ3n) is 3.09. The molecular formula is C15H15NO4. The van der Waals surface area contributed by atoms with Gasteiger partial charge in [-0.15, -0.1) is 0 Å². The van der Waals surface area contributed by atoms with Gasteiger partial charge in [0.1, 0.15) is 5.58 Å². The number of nitrogens with zero attached hydrogens (tertiary/aromatic N) is 1. The lowest BCUT2D eigenvalue weighted by atomic mass is 10.1. The summed E-state index contributed by atoms with van der Waals surface area (Å²) in [4.78, 5) is 0. The molecule has 5 nitrogen and oxygen atoms in total. The normalized spacial score (nSPS) is 12.1. The van der Waals surface area contributed by atoms with Crippen LogP contribution in [0.1, 0.15) is 23.2 Å². The molecule has 20 heavy (non-hydrogen) atoms. The van der Waals surface area contributed by atoms with Crippen molar-refractivity contribution in [1.29, 1.82) is 5.26 Å². The standard InChI is InChI=1S/C15H15NO4/c1-9-11-8-10(15(18-2)19-3)4-5-13(11)20-14(9)12(17)6-7-16/h4-6,8,15,17H,1-3H3/b12-6-. The summed E-state index contributed by atoms with van der Waals surface area (Å²) in [5.41, 5.74) is 2.24. The first-order valence-electron chi connectivity index (χ1n) is 6.00. The molecule has 0 radical (unpaired) electrons. The lowest BCUT2D eigenvalue weighted by Crippen LogP contribution is -2.03. The molecule has 0 aliphatic rings. The van der Waals surface area contributed by atoms with Crippen LogP contribution in [-0.4, -0.2) is 19.3 Å². The minimum atomic E-state index is -0.458. The number of nitriles is 1. The van der Waals surface area contributed by atoms with Gasteiger partial charge in [0.25, 0.3) is 0 Å². The van der Waals surface area contributed by atoms with Crippen LogP contribution in [0.25, 0.3) is 16.7 Å². The number of furan rings is 1. The lowest BCUT2D eigenvalue weighted by molar-refractivity contribution is -0.105. The number of aliphatic hydroxyl groups excluding tert-OH is 1. The van der Waals surface area contributed by atoms with Crippen molar-refractivity contribution >= 4 is 16.7 Å². The minimum Gasteiger partial charge on any atom is -0.504 e. The highest BCUT2D eigenvalue weighted by Crippen LogP contribution is 2.31. The van der Waals surface area contributed by atoms with E-state index in [2.05, 4.69) is 0 Å². The number of allylic oxidation sites excluding steroid dienone is 1. The molecule has 5 heteroatoms. The highest BCUT2D eigenvalue weighted by molar-refractivity contribution is 5.86. The predicted octanol–water partition coefficient (Wildman–Crippen LogP) is 3.46. The van der Waals surface area contributed by atoms with Crippen LogP contribution in [0.4, 0.5) is 0 Å². The molecule has 0 bridgehead atoms. The van der Waals surface area contributed by atoms with Gasteiger partial charge in [-0.1, -0.05) is 6.07 Å². The number of fused-ring (bicyclic) bond motifs is 1. The second-order valence-corrected chi connectivity index (χ2v) is 4.27. The average Bonchev–Trinajstić information content (AvgIpc) is 2.78. The van der Waals surface area contributed by atoms with Gasteiger partial charge >= 0.3 is 0 Å². The van der Waals surface area contributed by atoms with E-state index in [-0.39, 0.29) is 5.76 Å². The summed E-state index contributed by atoms with van der Waals surface area (Å²) < 4.78 is 16.0. The van der Waals surface area contributed by atoms with E-state index >= 15 is 0 Å². The summed E-state index contributed by atoms with van der Waals surface area (Å²) in [6, 6.07) is 7.27. The molecule has 0 fully saturated rings. The average molecular weight is 273 g/mol. The molecule has 0 atom stereocenters. The zero-order chi connectivity index (χ0) is 14.7. The number of methoxy groups -OCH3 is 2. The SMILES string of the molecule is COC(OC)c1ccc2oc(/C(O)=C/C#N)c(C)c2c1. The molecule has 0 saturated heterocycles. The van der Waals surface area contributed by atoms with E-state index in [1.54, 1.807) is 26.4 Å². The van der Waals surface area contributed by atoms with Gasteiger partial charge in [-0.25, -0.2) is 0 Å². The van der Waals surface area contributed by atoms with E-state index in [4.69, 9.17) is 19.2 Å². The molecule has 0 saturated carbocycles. The van der Waals surface area contributed by atoms with Crippen molar-refractivity contribution in [3.8, 4) is 6.07 Å². The number of rotatable bonds is 4. The first-order chi connectivity index (χ1) is 9.62. The number of hydrogen-bond donors (Lipinski definition) is 1. The van der Waals surface area contributed by atoms with E-state index < -0.39 is 6.29 Å². The van der Waals surface area contributed by atoms with E-state index in [9.17, 15) is 5.11 Å². The largest absolute Gasteiger partial charge is 0.504 e. The van der Waals surface area contributed by atoms with Crippen molar-refractivity contribution < 1.29 is 19.0 Å². The molecule has 0 spiro atoms. The zero-order valence-electron chi connectivity index (χ0n) is 11.5. The van der Waals surface area contributed by atoms with Crippen molar-refractivity contribution in [2.45, 2.75) is 13.2 Å². The lowest BCUT2D eigenvalue weighted by Gasteiger charge is -2.13. The Hall–Kier alpha value is -2.29. The monoisotopic (exact) mass is 273 g/mol. The fourth-order valence-electron chi connectivity index (χ4n) is 2.12. The van der Waals surface area contributed by atoms with Gasteiger partial charge < -0.3 is 19.0 Å². The predicted molar refractivity (Wildman–Crippen MR) is 73.9 cm³/mol. The highest BCUT2D eigenvalue weighted by atomic mass is 16.7. The number of hydrogen-bond acceptors (Lipinski definition) is 5. The topological polar surface area (TPSA) is 75.6 Å². The minimum absolute atomic E-state index is 0.183. The van der Waals surface area contributed by atoms with Crippen LogP contribution in [0.2, 0.25) is 0 Å². The Balaban J connectivity index is 2.57. The number of aryl methyl sites for hydroxylation is 1. The molecule has 0 aliphatic carbocycles. The van der Waals surface area contributed by atoms with Gasteiger partial charge in [0, 0.05) is 30.7 Å². The summed E-state index contributed by atoms with van der Waals surface area (Å²) in [5.74, 6) is 0.114. The van der Waals surface area contributed by atoms with Crippen molar-refractivity contribution in [3.63, 3.8) is 0 Å². The first kappa shape index (κ1) is 14.1. The van der Waals surface area contributed by atoms with Crippen LogP contribution in [0, 0.1) is 18.3 Å². The van der Waals surface area contributed by atoms with Crippen LogP contribution < -0.4 is 0 Å². The van der Waals surface area contributed by atoms with E-state index in [1.165, 1.54) is 0 Å². The quantitative estimate of drug-likeness (QED) is 0.524. The maximum absolute atomic E-state index is 9.77. The number of benzene rings is 1. The molecule has 0 amide bonds. The molecule has 1 aromatic heterocycles. The van der Waals surface area contributed by atoms with Crippen molar-refractivity contribution in [1.82, 2.24) is 0 Å². The van der Waals surface area contributed by atoms with E-state index in [1.807, 2.05) is 19.1 Å². The van der Waals surface area contributed by atoms with E-state index in [0.29, 0.717) is 11.3 Å². The third kappa shape index (κ3) is 2.39. The summed E-state index contributed by atoms with van der Waals surface area (Å²) >= 11 is 0. The molecule has 1 heterocycles. The highest BCUT2D eigenvalue weighted by Gasteiger charge is 2.16. The Morgan fingerprint density at radius 3 is 2.70 bits per heavy atom. The maximum Gasteiger partial charge on any atom is 0.183 e. The van der Waals surface area contributed by atoms with Crippen LogP contribution in [0.15, 0.2) is 28.7 Å². The fourth-order valence-corrected chi connectivity index (χ4v) is 2.12. The Morgan fingerprint density at radius 1 is 1.40 bits per heavy atom. The van der Waals surface area contributed by atoms with Gasteiger partial charge in [-0.2, -0.15) is 5.26 Å². The second kappa shape index (κ2) is 5.78. The van der Waals surface area contributed by atoms with Gasteiger partial charge in [0.2, 0.25) is 0 Å². The molecular weight excluding hydrogens is 258 g/mol. The van der Waals surface area contributed by atoms with Crippen LogP contribution in [-0.2, 0) is 9.47 Å². The van der Waals surface area contributed by atoms with Crippen LogP contribution in [0.5, 0.6) is 0 Å². The Bertz CT molecular complexity index is 690. The third-order valence-corrected chi connectivity index (χ3v) is 3.09. The molecule has 1 N–H and O–H groups in total. The molecule has 0 aliphatic heterocycles. The maximum atomic E-state index is 9.77. The molecule has 0 unspecified atom stereocenters. The smallest absolute Gasteiger partial charge is 0.183 e. The Morgan fingerprint density at radius 2 is 2.10 bits per heavy atom. The van der Waals surface area contributed by atoms with Crippen molar-refractivity contribution in [3.05, 3.63) is 41.2 Å². The summed E-state index contributed by atoms with van der Waals surface area (Å²) in [5, 5.41) is 19.2. The molecule has 2 rings (SSSR count). The van der Waals surface area contributed by atoms with Crippen molar-refractivity contribution in [2.75, 3.05) is 14.2 Å².